The first-order valence-electron chi connectivity index (χ1n) is 10.7. The lowest BCUT2D eigenvalue weighted by atomic mass is 10.1. The van der Waals surface area contributed by atoms with Crippen molar-refractivity contribution in [2.45, 2.75) is 32.2 Å². The SMILES string of the molecule is CCOc1ccc(Cn2c(C)nc3ccc(C(=O)NS(=O)(=O)c4ccc(C)cc4)cc32)c(Cl)c1. The Morgan fingerprint density at radius 3 is 2.47 bits per heavy atom. The molecule has 4 aromatic rings. The summed E-state index contributed by atoms with van der Waals surface area (Å²) in [6.45, 7) is 6.61. The zero-order valence-corrected chi connectivity index (χ0v) is 20.6. The lowest BCUT2D eigenvalue weighted by Gasteiger charge is -2.11. The number of hydrogen-bond acceptors (Lipinski definition) is 5. The number of hydrogen-bond donors (Lipinski definition) is 1. The van der Waals surface area contributed by atoms with Crippen molar-refractivity contribution in [3.05, 3.63) is 88.2 Å². The Bertz CT molecular complexity index is 1480. The highest BCUT2D eigenvalue weighted by molar-refractivity contribution is 7.90. The molecule has 0 saturated carbocycles. The first-order chi connectivity index (χ1) is 16.2. The molecule has 0 radical (unpaired) electrons. The number of benzene rings is 3. The molecule has 0 fully saturated rings. The van der Waals surface area contributed by atoms with Gasteiger partial charge in [0.2, 0.25) is 0 Å². The number of carbonyl (C=O) groups is 1. The van der Waals surface area contributed by atoms with Crippen LogP contribution in [0.4, 0.5) is 0 Å². The maximum absolute atomic E-state index is 12.8. The Morgan fingerprint density at radius 2 is 1.79 bits per heavy atom. The van der Waals surface area contributed by atoms with Crippen LogP contribution in [0.5, 0.6) is 5.75 Å². The fourth-order valence-electron chi connectivity index (χ4n) is 3.62. The van der Waals surface area contributed by atoms with Gasteiger partial charge in [0.15, 0.2) is 0 Å². The van der Waals surface area contributed by atoms with Gasteiger partial charge in [0.1, 0.15) is 11.6 Å². The van der Waals surface area contributed by atoms with Crippen molar-refractivity contribution in [3.63, 3.8) is 0 Å². The second-order valence-electron chi connectivity index (χ2n) is 7.88. The van der Waals surface area contributed by atoms with Gasteiger partial charge in [-0.05, 0) is 68.8 Å². The molecule has 0 bridgehead atoms. The Morgan fingerprint density at radius 1 is 1.06 bits per heavy atom. The van der Waals surface area contributed by atoms with Crippen LogP contribution in [0.3, 0.4) is 0 Å². The van der Waals surface area contributed by atoms with Crippen molar-refractivity contribution in [1.82, 2.24) is 14.3 Å². The van der Waals surface area contributed by atoms with Gasteiger partial charge in [0, 0.05) is 10.6 Å². The summed E-state index contributed by atoms with van der Waals surface area (Å²) in [6.07, 6.45) is 0. The van der Waals surface area contributed by atoms with Gasteiger partial charge >= 0.3 is 0 Å². The third kappa shape index (κ3) is 4.93. The highest BCUT2D eigenvalue weighted by Crippen LogP contribution is 2.26. The van der Waals surface area contributed by atoms with E-state index in [1.165, 1.54) is 12.1 Å². The monoisotopic (exact) mass is 497 g/mol. The predicted molar refractivity (Wildman–Crippen MR) is 132 cm³/mol. The lowest BCUT2D eigenvalue weighted by Crippen LogP contribution is -2.30. The number of sulfonamides is 1. The van der Waals surface area contributed by atoms with E-state index in [1.54, 1.807) is 36.4 Å². The molecule has 0 aliphatic carbocycles. The zero-order valence-electron chi connectivity index (χ0n) is 19.0. The van der Waals surface area contributed by atoms with Crippen molar-refractivity contribution >= 4 is 38.6 Å². The van der Waals surface area contributed by atoms with Gasteiger partial charge in [-0.2, -0.15) is 0 Å². The molecular formula is C25H24ClN3O4S. The molecule has 1 heterocycles. The van der Waals surface area contributed by atoms with Crippen LogP contribution < -0.4 is 9.46 Å². The van der Waals surface area contributed by atoms with Crippen LogP contribution in [0.2, 0.25) is 5.02 Å². The number of rotatable bonds is 7. The summed E-state index contributed by atoms with van der Waals surface area (Å²) in [5.74, 6) is 0.717. The van der Waals surface area contributed by atoms with Crippen LogP contribution in [0.25, 0.3) is 11.0 Å². The van der Waals surface area contributed by atoms with Crippen molar-refractivity contribution in [3.8, 4) is 5.75 Å². The van der Waals surface area contributed by atoms with E-state index in [-0.39, 0.29) is 10.5 Å². The number of fused-ring (bicyclic) bond motifs is 1. The standard InChI is InChI=1S/C25H24ClN3O4S/c1-4-33-20-9-7-19(22(26)14-20)15-29-17(3)27-23-12-8-18(13-24(23)29)25(30)28-34(31,32)21-10-5-16(2)6-11-21/h5-14H,4,15H2,1-3H3,(H,28,30). The minimum Gasteiger partial charge on any atom is -0.494 e. The molecular weight excluding hydrogens is 474 g/mol. The number of imidazole rings is 1. The van der Waals surface area contributed by atoms with Crippen LogP contribution in [-0.4, -0.2) is 30.5 Å². The fourth-order valence-corrected chi connectivity index (χ4v) is 4.83. The smallest absolute Gasteiger partial charge is 0.265 e. The Kier molecular flexibility index (Phi) is 6.63. The summed E-state index contributed by atoms with van der Waals surface area (Å²) in [7, 11) is -4.00. The molecule has 1 aromatic heterocycles. The van der Waals surface area contributed by atoms with Crippen molar-refractivity contribution in [1.29, 1.82) is 0 Å². The second kappa shape index (κ2) is 9.48. The minimum atomic E-state index is -4.00. The molecule has 0 aliphatic rings. The third-order valence-electron chi connectivity index (χ3n) is 5.42. The Balaban J connectivity index is 1.63. The minimum absolute atomic E-state index is 0.0264. The van der Waals surface area contributed by atoms with E-state index in [0.717, 1.165) is 17.0 Å². The van der Waals surface area contributed by atoms with Crippen LogP contribution in [-0.2, 0) is 16.6 Å². The summed E-state index contributed by atoms with van der Waals surface area (Å²) in [5.41, 5.74) is 3.39. The first kappa shape index (κ1) is 23.8. The number of halogens is 1. The average Bonchev–Trinajstić information content (AvgIpc) is 3.10. The molecule has 3 aromatic carbocycles. The van der Waals surface area contributed by atoms with E-state index in [0.29, 0.717) is 35.0 Å². The van der Waals surface area contributed by atoms with Gasteiger partial charge in [0.25, 0.3) is 15.9 Å². The van der Waals surface area contributed by atoms with Gasteiger partial charge in [0.05, 0.1) is 29.1 Å². The van der Waals surface area contributed by atoms with E-state index in [2.05, 4.69) is 9.71 Å². The highest BCUT2D eigenvalue weighted by atomic mass is 35.5. The number of aryl methyl sites for hydroxylation is 2. The van der Waals surface area contributed by atoms with E-state index >= 15 is 0 Å². The summed E-state index contributed by atoms with van der Waals surface area (Å²) < 4.78 is 34.9. The molecule has 0 saturated heterocycles. The van der Waals surface area contributed by atoms with E-state index in [4.69, 9.17) is 16.3 Å². The number of carbonyl (C=O) groups excluding carboxylic acids is 1. The van der Waals surface area contributed by atoms with E-state index in [9.17, 15) is 13.2 Å². The summed E-state index contributed by atoms with van der Waals surface area (Å²) in [4.78, 5) is 17.4. The number of amides is 1. The lowest BCUT2D eigenvalue weighted by molar-refractivity contribution is 0.0981. The van der Waals surface area contributed by atoms with Crippen LogP contribution in [0.15, 0.2) is 65.6 Å². The van der Waals surface area contributed by atoms with Crippen molar-refractivity contribution in [2.24, 2.45) is 0 Å². The van der Waals surface area contributed by atoms with Gasteiger partial charge in [-0.1, -0.05) is 35.4 Å². The summed E-state index contributed by atoms with van der Waals surface area (Å²) in [6, 6.07) is 16.7. The fraction of sp³-hybridized carbons (Fsp3) is 0.200. The van der Waals surface area contributed by atoms with E-state index in [1.807, 2.05) is 37.5 Å². The largest absolute Gasteiger partial charge is 0.494 e. The van der Waals surface area contributed by atoms with E-state index < -0.39 is 15.9 Å². The average molecular weight is 498 g/mol. The second-order valence-corrected chi connectivity index (χ2v) is 9.97. The normalized spacial score (nSPS) is 11.5. The molecule has 7 nitrogen and oxygen atoms in total. The molecule has 0 unspecified atom stereocenters. The van der Waals surface area contributed by atoms with Crippen molar-refractivity contribution in [2.75, 3.05) is 6.61 Å². The number of ether oxygens (including phenoxy) is 1. The maximum atomic E-state index is 12.8. The molecule has 9 heteroatoms. The molecule has 1 N–H and O–H groups in total. The molecule has 0 aliphatic heterocycles. The Hall–Kier alpha value is -3.36. The topological polar surface area (TPSA) is 90.3 Å². The molecule has 4 rings (SSSR count). The zero-order chi connectivity index (χ0) is 24.5. The number of nitrogens with zero attached hydrogens (tertiary/aromatic N) is 2. The Labute approximate surface area is 203 Å². The van der Waals surface area contributed by atoms with Gasteiger partial charge in [-0.15, -0.1) is 0 Å². The first-order valence-corrected chi connectivity index (χ1v) is 12.6. The van der Waals surface area contributed by atoms with Gasteiger partial charge < -0.3 is 9.30 Å². The summed E-state index contributed by atoms with van der Waals surface area (Å²) in [5, 5.41) is 0.560. The number of nitrogens with one attached hydrogen (secondary N) is 1. The quantitative estimate of drug-likeness (QED) is 0.393. The molecule has 0 spiro atoms. The predicted octanol–water partition coefficient (Wildman–Crippen LogP) is 4.87. The maximum Gasteiger partial charge on any atom is 0.265 e. The van der Waals surface area contributed by atoms with Crippen molar-refractivity contribution < 1.29 is 17.9 Å². The molecule has 176 valence electrons. The summed E-state index contributed by atoms with van der Waals surface area (Å²) >= 11 is 6.46. The third-order valence-corrected chi connectivity index (χ3v) is 7.12. The highest BCUT2D eigenvalue weighted by Gasteiger charge is 2.20. The van der Waals surface area contributed by atoms with Gasteiger partial charge in [-0.3, -0.25) is 4.79 Å². The van der Waals surface area contributed by atoms with Crippen LogP contribution in [0, 0.1) is 13.8 Å². The van der Waals surface area contributed by atoms with Crippen LogP contribution >= 0.6 is 11.6 Å². The molecule has 1 amide bonds. The van der Waals surface area contributed by atoms with Crippen LogP contribution in [0.1, 0.15) is 34.2 Å². The van der Waals surface area contributed by atoms with Gasteiger partial charge in [-0.25, -0.2) is 18.1 Å². The molecule has 34 heavy (non-hydrogen) atoms. The number of aromatic nitrogens is 2. The molecule has 0 atom stereocenters.